The van der Waals surface area contributed by atoms with Crippen LogP contribution < -0.4 is 5.73 Å². The van der Waals surface area contributed by atoms with E-state index in [-0.39, 0.29) is 5.92 Å². The lowest BCUT2D eigenvalue weighted by Gasteiger charge is -2.25. The highest BCUT2D eigenvalue weighted by Crippen LogP contribution is 2.08. The number of primary amides is 1. The Hall–Kier alpha value is -1.26. The van der Waals surface area contributed by atoms with Crippen LogP contribution in [0, 0.1) is 5.92 Å². The third-order valence-electron chi connectivity index (χ3n) is 1.65. The van der Waals surface area contributed by atoms with Crippen LogP contribution in [0.3, 0.4) is 0 Å². The highest BCUT2D eigenvalue weighted by molar-refractivity contribution is 5.81. The molecule has 0 saturated heterocycles. The standard InChI is InChI=1S/C7H14N2O3/c1-4(2)5(6(10)11)9(3)7(8)12/h4-5H,1-3H3,(H2,8,12)(H,10,11). The molecule has 1 unspecified atom stereocenters. The zero-order chi connectivity index (χ0) is 9.89. The number of hydrogen-bond donors (Lipinski definition) is 2. The zero-order valence-corrected chi connectivity index (χ0v) is 7.44. The van der Waals surface area contributed by atoms with E-state index in [1.54, 1.807) is 13.8 Å². The molecule has 0 fully saturated rings. The maximum absolute atomic E-state index is 10.6. The van der Waals surface area contributed by atoms with E-state index >= 15 is 0 Å². The van der Waals surface area contributed by atoms with Crippen LogP contribution in [0.1, 0.15) is 13.8 Å². The molecule has 0 aliphatic carbocycles. The lowest BCUT2D eigenvalue weighted by atomic mass is 10.0. The van der Waals surface area contributed by atoms with Gasteiger partial charge < -0.3 is 15.7 Å². The summed E-state index contributed by atoms with van der Waals surface area (Å²) >= 11 is 0. The second-order valence-electron chi connectivity index (χ2n) is 2.98. The second-order valence-corrected chi connectivity index (χ2v) is 2.98. The Morgan fingerprint density at radius 2 is 1.83 bits per heavy atom. The van der Waals surface area contributed by atoms with Crippen molar-refractivity contribution < 1.29 is 14.7 Å². The number of likely N-dealkylation sites (N-methyl/N-ethyl adjacent to an activating group) is 1. The molecule has 12 heavy (non-hydrogen) atoms. The summed E-state index contributed by atoms with van der Waals surface area (Å²) < 4.78 is 0. The largest absolute Gasteiger partial charge is 0.480 e. The zero-order valence-electron chi connectivity index (χ0n) is 7.44. The van der Waals surface area contributed by atoms with E-state index in [2.05, 4.69) is 0 Å². The number of carboxylic acids is 1. The van der Waals surface area contributed by atoms with E-state index < -0.39 is 18.0 Å². The van der Waals surface area contributed by atoms with Gasteiger partial charge in [-0.25, -0.2) is 9.59 Å². The molecule has 0 bridgehead atoms. The minimum Gasteiger partial charge on any atom is -0.480 e. The first kappa shape index (κ1) is 10.7. The molecule has 5 nitrogen and oxygen atoms in total. The number of carboxylic acid groups (broad SMARTS) is 1. The maximum Gasteiger partial charge on any atom is 0.326 e. The predicted octanol–water partition coefficient (Wildman–Crippen LogP) is 0.106. The van der Waals surface area contributed by atoms with Crippen molar-refractivity contribution in [2.75, 3.05) is 7.05 Å². The van der Waals surface area contributed by atoms with Gasteiger partial charge in [0.2, 0.25) is 0 Å². The summed E-state index contributed by atoms with van der Waals surface area (Å²) in [6.45, 7) is 3.44. The van der Waals surface area contributed by atoms with Gasteiger partial charge in [-0.2, -0.15) is 0 Å². The Bertz CT molecular complexity index is 191. The maximum atomic E-state index is 10.6. The molecule has 0 aliphatic rings. The summed E-state index contributed by atoms with van der Waals surface area (Å²) in [7, 11) is 1.38. The molecule has 2 amide bonds. The molecule has 0 aromatic heterocycles. The van der Waals surface area contributed by atoms with Crippen molar-refractivity contribution in [1.82, 2.24) is 4.90 Å². The topological polar surface area (TPSA) is 83.6 Å². The van der Waals surface area contributed by atoms with Crippen molar-refractivity contribution in [2.24, 2.45) is 11.7 Å². The number of carbonyl (C=O) groups excluding carboxylic acids is 1. The number of nitrogens with two attached hydrogens (primary N) is 1. The first-order valence-corrected chi connectivity index (χ1v) is 3.63. The third-order valence-corrected chi connectivity index (χ3v) is 1.65. The van der Waals surface area contributed by atoms with Crippen LogP contribution in [-0.2, 0) is 4.79 Å². The molecular weight excluding hydrogens is 160 g/mol. The molecule has 0 spiro atoms. The number of hydrogen-bond acceptors (Lipinski definition) is 2. The van der Waals surface area contributed by atoms with E-state index in [9.17, 15) is 9.59 Å². The van der Waals surface area contributed by atoms with Gasteiger partial charge in [0.05, 0.1) is 0 Å². The van der Waals surface area contributed by atoms with E-state index in [0.29, 0.717) is 0 Å². The van der Waals surface area contributed by atoms with Crippen LogP contribution in [0.15, 0.2) is 0 Å². The molecule has 0 saturated carbocycles. The highest BCUT2D eigenvalue weighted by atomic mass is 16.4. The monoisotopic (exact) mass is 174 g/mol. The fourth-order valence-electron chi connectivity index (χ4n) is 1.04. The molecule has 1 atom stereocenters. The summed E-state index contributed by atoms with van der Waals surface area (Å²) in [5.41, 5.74) is 4.94. The molecule has 0 radical (unpaired) electrons. The quantitative estimate of drug-likeness (QED) is 0.636. The highest BCUT2D eigenvalue weighted by Gasteiger charge is 2.27. The first-order chi connectivity index (χ1) is 5.37. The number of carbonyl (C=O) groups is 2. The number of aliphatic carboxylic acids is 1. The molecule has 0 rings (SSSR count). The average molecular weight is 174 g/mol. The second kappa shape index (κ2) is 3.94. The van der Waals surface area contributed by atoms with Crippen LogP contribution in [0.25, 0.3) is 0 Å². The van der Waals surface area contributed by atoms with Gasteiger partial charge in [0.25, 0.3) is 0 Å². The Labute approximate surface area is 71.1 Å². The van der Waals surface area contributed by atoms with Gasteiger partial charge in [0, 0.05) is 7.05 Å². The number of rotatable bonds is 3. The predicted molar refractivity (Wildman–Crippen MR) is 43.6 cm³/mol. The lowest BCUT2D eigenvalue weighted by Crippen LogP contribution is -2.47. The van der Waals surface area contributed by atoms with Gasteiger partial charge in [-0.3, -0.25) is 0 Å². The summed E-state index contributed by atoms with van der Waals surface area (Å²) in [4.78, 5) is 22.3. The number of urea groups is 1. The summed E-state index contributed by atoms with van der Waals surface area (Å²) in [5, 5.41) is 8.71. The van der Waals surface area contributed by atoms with Crippen molar-refractivity contribution in [2.45, 2.75) is 19.9 Å². The van der Waals surface area contributed by atoms with E-state index in [0.717, 1.165) is 4.90 Å². The molecule has 0 heterocycles. The van der Waals surface area contributed by atoms with Crippen molar-refractivity contribution in [1.29, 1.82) is 0 Å². The van der Waals surface area contributed by atoms with Gasteiger partial charge >= 0.3 is 12.0 Å². The fourth-order valence-corrected chi connectivity index (χ4v) is 1.04. The molecule has 0 aromatic rings. The van der Waals surface area contributed by atoms with Crippen LogP contribution in [0.2, 0.25) is 0 Å². The van der Waals surface area contributed by atoms with E-state index in [1.165, 1.54) is 7.05 Å². The summed E-state index contributed by atoms with van der Waals surface area (Å²) in [6.07, 6.45) is 0. The molecule has 3 N–H and O–H groups in total. The minimum atomic E-state index is -1.04. The van der Waals surface area contributed by atoms with Crippen LogP contribution in [-0.4, -0.2) is 35.1 Å². The summed E-state index contributed by atoms with van der Waals surface area (Å²) in [6, 6.07) is -1.57. The number of amides is 2. The Balaban J connectivity index is 4.51. The van der Waals surface area contributed by atoms with Crippen LogP contribution >= 0.6 is 0 Å². The van der Waals surface area contributed by atoms with Crippen molar-refractivity contribution in [3.8, 4) is 0 Å². The van der Waals surface area contributed by atoms with Gasteiger partial charge in [0.15, 0.2) is 0 Å². The van der Waals surface area contributed by atoms with Crippen molar-refractivity contribution in [3.05, 3.63) is 0 Å². The smallest absolute Gasteiger partial charge is 0.326 e. The number of nitrogens with zero attached hydrogens (tertiary/aromatic N) is 1. The van der Waals surface area contributed by atoms with Crippen molar-refractivity contribution >= 4 is 12.0 Å². The van der Waals surface area contributed by atoms with Crippen LogP contribution in [0.5, 0.6) is 0 Å². The minimum absolute atomic E-state index is 0.153. The average Bonchev–Trinajstić information content (AvgIpc) is 1.85. The van der Waals surface area contributed by atoms with Crippen LogP contribution in [0.4, 0.5) is 4.79 Å². The Kier molecular flexibility index (Phi) is 3.53. The Morgan fingerprint density at radius 3 is 1.92 bits per heavy atom. The molecule has 0 aromatic carbocycles. The molecule has 70 valence electrons. The van der Waals surface area contributed by atoms with E-state index in [4.69, 9.17) is 10.8 Å². The fraction of sp³-hybridized carbons (Fsp3) is 0.714. The normalized spacial score (nSPS) is 12.7. The molecular formula is C7H14N2O3. The molecule has 5 heteroatoms. The summed E-state index contributed by atoms with van der Waals surface area (Å²) in [5.74, 6) is -1.19. The first-order valence-electron chi connectivity index (χ1n) is 3.63. The Morgan fingerprint density at radius 1 is 1.42 bits per heavy atom. The SMILES string of the molecule is CC(C)C(C(=O)O)N(C)C(N)=O. The van der Waals surface area contributed by atoms with Gasteiger partial charge in [-0.05, 0) is 5.92 Å². The van der Waals surface area contributed by atoms with E-state index in [1.807, 2.05) is 0 Å². The lowest BCUT2D eigenvalue weighted by molar-refractivity contribution is -0.143. The molecule has 0 aliphatic heterocycles. The van der Waals surface area contributed by atoms with Crippen molar-refractivity contribution in [3.63, 3.8) is 0 Å². The van der Waals surface area contributed by atoms with Gasteiger partial charge in [-0.1, -0.05) is 13.8 Å². The third kappa shape index (κ3) is 2.41. The van der Waals surface area contributed by atoms with Gasteiger partial charge in [0.1, 0.15) is 6.04 Å². The van der Waals surface area contributed by atoms with Gasteiger partial charge in [-0.15, -0.1) is 0 Å².